The number of amides is 1. The Balaban J connectivity index is 1.97. The third kappa shape index (κ3) is 3.81. The van der Waals surface area contributed by atoms with Crippen LogP contribution in [0.15, 0.2) is 49.8 Å². The lowest BCUT2D eigenvalue weighted by Crippen LogP contribution is -2.42. The van der Waals surface area contributed by atoms with E-state index < -0.39 is 5.69 Å². The van der Waals surface area contributed by atoms with Crippen LogP contribution in [0, 0.1) is 5.92 Å². The van der Waals surface area contributed by atoms with Crippen LogP contribution in [0.1, 0.15) is 13.8 Å². The van der Waals surface area contributed by atoms with E-state index >= 15 is 0 Å². The van der Waals surface area contributed by atoms with E-state index in [1.54, 1.807) is 23.6 Å². The van der Waals surface area contributed by atoms with Gasteiger partial charge in [-0.1, -0.05) is 29.8 Å². The molecule has 6 nitrogen and oxygen atoms in total. The van der Waals surface area contributed by atoms with E-state index in [9.17, 15) is 14.4 Å². The summed E-state index contributed by atoms with van der Waals surface area (Å²) >= 11 is 4.62. The third-order valence-electron chi connectivity index (χ3n) is 3.81. The minimum atomic E-state index is -0.458. The smallest absolute Gasteiger partial charge is 0.325 e. The Bertz CT molecular complexity index is 1060. The van der Waals surface area contributed by atoms with Crippen LogP contribution in [0.4, 0.5) is 5.69 Å². The Kier molecular flexibility index (Phi) is 5.43. The Hall–Kier alpha value is -2.19. The molecule has 0 bridgehead atoms. The van der Waals surface area contributed by atoms with E-state index in [1.807, 2.05) is 26.0 Å². The predicted molar refractivity (Wildman–Crippen MR) is 108 cm³/mol. The molecule has 136 valence electrons. The molecule has 26 heavy (non-hydrogen) atoms. The summed E-state index contributed by atoms with van der Waals surface area (Å²) in [6.45, 7) is 4.05. The number of hydrogen-bond donors (Lipinski definition) is 1. The van der Waals surface area contributed by atoms with Crippen molar-refractivity contribution in [1.82, 2.24) is 9.13 Å². The second kappa shape index (κ2) is 7.59. The maximum Gasteiger partial charge on any atom is 0.332 e. The molecule has 0 saturated carbocycles. The number of thiophene rings is 1. The summed E-state index contributed by atoms with van der Waals surface area (Å²) in [5, 5.41) is 4.53. The first kappa shape index (κ1) is 18.6. The number of nitrogens with one attached hydrogen (secondary N) is 1. The topological polar surface area (TPSA) is 73.1 Å². The van der Waals surface area contributed by atoms with E-state index in [2.05, 4.69) is 21.2 Å². The minimum absolute atomic E-state index is 0.142. The lowest BCUT2D eigenvalue weighted by atomic mass is 10.2. The maximum absolute atomic E-state index is 12.8. The van der Waals surface area contributed by atoms with Crippen LogP contribution in [-0.2, 0) is 17.9 Å². The molecule has 0 atom stereocenters. The molecule has 0 aliphatic heterocycles. The van der Waals surface area contributed by atoms with Crippen molar-refractivity contribution in [3.8, 4) is 0 Å². The highest BCUT2D eigenvalue weighted by Crippen LogP contribution is 2.17. The Morgan fingerprint density at radius 1 is 1.15 bits per heavy atom. The summed E-state index contributed by atoms with van der Waals surface area (Å²) < 4.78 is 3.98. The zero-order valence-corrected chi connectivity index (χ0v) is 16.8. The van der Waals surface area contributed by atoms with Crippen molar-refractivity contribution in [3.05, 3.63) is 61.0 Å². The Labute approximate surface area is 162 Å². The van der Waals surface area contributed by atoms with Gasteiger partial charge in [0.15, 0.2) is 0 Å². The van der Waals surface area contributed by atoms with Crippen molar-refractivity contribution in [2.45, 2.75) is 26.9 Å². The lowest BCUT2D eigenvalue weighted by Gasteiger charge is -2.13. The van der Waals surface area contributed by atoms with Gasteiger partial charge in [0.25, 0.3) is 5.56 Å². The first-order valence-electron chi connectivity index (χ1n) is 8.13. The maximum atomic E-state index is 12.8. The zero-order valence-electron chi connectivity index (χ0n) is 14.4. The van der Waals surface area contributed by atoms with Gasteiger partial charge in [-0.15, -0.1) is 11.3 Å². The monoisotopic (exact) mass is 435 g/mol. The quantitative estimate of drug-likeness (QED) is 0.667. The lowest BCUT2D eigenvalue weighted by molar-refractivity contribution is -0.116. The van der Waals surface area contributed by atoms with E-state index in [0.717, 1.165) is 4.47 Å². The summed E-state index contributed by atoms with van der Waals surface area (Å²) in [5.74, 6) is -0.181. The van der Waals surface area contributed by atoms with Crippen molar-refractivity contribution in [2.24, 2.45) is 5.92 Å². The Morgan fingerprint density at radius 2 is 1.85 bits per heavy atom. The normalized spacial score (nSPS) is 11.2. The van der Waals surface area contributed by atoms with Crippen LogP contribution in [0.2, 0.25) is 0 Å². The molecule has 1 N–H and O–H groups in total. The van der Waals surface area contributed by atoms with E-state index in [0.29, 0.717) is 22.4 Å². The highest BCUT2D eigenvalue weighted by molar-refractivity contribution is 9.10. The molecule has 0 aliphatic carbocycles. The number of benzene rings is 1. The van der Waals surface area contributed by atoms with Gasteiger partial charge < -0.3 is 5.32 Å². The number of anilines is 1. The number of nitrogens with zero attached hydrogens (tertiary/aromatic N) is 2. The molecule has 3 aromatic rings. The molecular formula is C18H18BrN3O3S. The molecule has 0 saturated heterocycles. The molecule has 8 heteroatoms. The van der Waals surface area contributed by atoms with E-state index in [-0.39, 0.29) is 23.9 Å². The molecule has 1 aromatic carbocycles. The van der Waals surface area contributed by atoms with Gasteiger partial charge in [-0.2, -0.15) is 0 Å². The fraction of sp³-hybridized carbons (Fsp3) is 0.278. The second-order valence-corrected chi connectivity index (χ2v) is 8.20. The molecule has 0 radical (unpaired) electrons. The van der Waals surface area contributed by atoms with Crippen LogP contribution in [0.25, 0.3) is 10.2 Å². The predicted octanol–water partition coefficient (Wildman–Crippen LogP) is 3.28. The van der Waals surface area contributed by atoms with Crippen LogP contribution in [-0.4, -0.2) is 15.0 Å². The van der Waals surface area contributed by atoms with Crippen LogP contribution in [0.3, 0.4) is 0 Å². The average molecular weight is 436 g/mol. The fourth-order valence-electron chi connectivity index (χ4n) is 2.69. The molecule has 0 fully saturated rings. The van der Waals surface area contributed by atoms with Crippen molar-refractivity contribution in [2.75, 3.05) is 5.32 Å². The number of rotatable bonds is 5. The van der Waals surface area contributed by atoms with Crippen LogP contribution in [0.5, 0.6) is 0 Å². The molecule has 2 heterocycles. The number of halogens is 1. The highest BCUT2D eigenvalue weighted by atomic mass is 79.9. The van der Waals surface area contributed by atoms with Crippen molar-refractivity contribution >= 4 is 49.1 Å². The highest BCUT2D eigenvalue weighted by Gasteiger charge is 2.17. The second-order valence-electron chi connectivity index (χ2n) is 6.37. The summed E-state index contributed by atoms with van der Waals surface area (Å²) in [5.41, 5.74) is 0.387. The summed E-state index contributed by atoms with van der Waals surface area (Å²) in [4.78, 5) is 37.8. The van der Waals surface area contributed by atoms with Gasteiger partial charge in [0.05, 0.1) is 5.52 Å². The van der Waals surface area contributed by atoms with Crippen LogP contribution < -0.4 is 16.6 Å². The van der Waals surface area contributed by atoms with Gasteiger partial charge in [-0.05, 0) is 41.6 Å². The van der Waals surface area contributed by atoms with Crippen molar-refractivity contribution in [3.63, 3.8) is 0 Å². The number of hydrogen-bond acceptors (Lipinski definition) is 4. The molecule has 0 spiro atoms. The van der Waals surface area contributed by atoms with Crippen molar-refractivity contribution in [1.29, 1.82) is 0 Å². The standard InChI is InChI=1S/C18H18BrN3O3S/c1-11(2)9-22-17(24)16-14(7-8-26-16)21(18(22)25)10-15(23)20-13-5-3-12(19)4-6-13/h3-8,11H,9-10H2,1-2H3,(H,20,23). The average Bonchev–Trinajstić information content (AvgIpc) is 3.07. The summed E-state index contributed by atoms with van der Waals surface area (Å²) in [6, 6.07) is 8.88. The molecule has 0 aliphatic rings. The SMILES string of the molecule is CC(C)Cn1c(=O)c2sccc2n(CC(=O)Nc2ccc(Br)cc2)c1=O. The number of aromatic nitrogens is 2. The first-order chi connectivity index (χ1) is 12.4. The summed E-state index contributed by atoms with van der Waals surface area (Å²) in [6.07, 6.45) is 0. The van der Waals surface area contributed by atoms with E-state index in [4.69, 9.17) is 0 Å². The fourth-order valence-corrected chi connectivity index (χ4v) is 3.80. The van der Waals surface area contributed by atoms with Gasteiger partial charge in [-0.3, -0.25) is 18.7 Å². The van der Waals surface area contributed by atoms with Gasteiger partial charge in [0.1, 0.15) is 11.2 Å². The molecular weight excluding hydrogens is 418 g/mol. The minimum Gasteiger partial charge on any atom is -0.325 e. The molecule has 3 rings (SSSR count). The summed E-state index contributed by atoms with van der Waals surface area (Å²) in [7, 11) is 0. The zero-order chi connectivity index (χ0) is 18.8. The first-order valence-corrected chi connectivity index (χ1v) is 9.80. The van der Waals surface area contributed by atoms with Crippen molar-refractivity contribution < 1.29 is 4.79 Å². The Morgan fingerprint density at radius 3 is 2.50 bits per heavy atom. The molecule has 1 amide bonds. The molecule has 2 aromatic heterocycles. The van der Waals surface area contributed by atoms with Crippen LogP contribution >= 0.6 is 27.3 Å². The van der Waals surface area contributed by atoms with Gasteiger partial charge in [-0.25, -0.2) is 4.79 Å². The number of carbonyl (C=O) groups excluding carboxylic acids is 1. The largest absolute Gasteiger partial charge is 0.332 e. The number of fused-ring (bicyclic) bond motifs is 1. The van der Waals surface area contributed by atoms with E-state index in [1.165, 1.54) is 20.5 Å². The number of carbonyl (C=O) groups is 1. The van der Waals surface area contributed by atoms with Gasteiger partial charge in [0.2, 0.25) is 5.91 Å². The van der Waals surface area contributed by atoms with Gasteiger partial charge in [0, 0.05) is 16.7 Å². The molecule has 0 unspecified atom stereocenters. The third-order valence-corrected chi connectivity index (χ3v) is 5.23. The van der Waals surface area contributed by atoms with Gasteiger partial charge >= 0.3 is 5.69 Å².